The molecule has 2 rings (SSSR count). The first-order valence-electron chi connectivity index (χ1n) is 8.50. The molecule has 1 aromatic carbocycles. The molecule has 0 saturated carbocycles. The summed E-state index contributed by atoms with van der Waals surface area (Å²) in [6.07, 6.45) is 0. The predicted molar refractivity (Wildman–Crippen MR) is 102 cm³/mol. The average Bonchev–Trinajstić information content (AvgIpc) is 2.97. The molecule has 5 heteroatoms. The van der Waals surface area contributed by atoms with Gasteiger partial charge in [-0.15, -0.1) is 11.3 Å². The van der Waals surface area contributed by atoms with Crippen LogP contribution in [0.2, 0.25) is 0 Å². The minimum atomic E-state index is -0.0738. The number of carbonyl (C=O) groups excluding carboxylic acids is 2. The minimum absolute atomic E-state index is 0.00324. The van der Waals surface area contributed by atoms with E-state index < -0.39 is 0 Å². The highest BCUT2D eigenvalue weighted by Crippen LogP contribution is 2.19. The van der Waals surface area contributed by atoms with E-state index in [1.54, 1.807) is 16.2 Å². The van der Waals surface area contributed by atoms with Gasteiger partial charge in [-0.3, -0.25) is 9.59 Å². The Balaban J connectivity index is 2.19. The van der Waals surface area contributed by atoms with Gasteiger partial charge in [0, 0.05) is 24.4 Å². The zero-order chi connectivity index (χ0) is 18.4. The van der Waals surface area contributed by atoms with E-state index in [1.807, 2.05) is 54.5 Å². The van der Waals surface area contributed by atoms with Crippen molar-refractivity contribution in [3.8, 4) is 0 Å². The van der Waals surface area contributed by atoms with E-state index in [0.29, 0.717) is 13.1 Å². The Morgan fingerprint density at radius 1 is 1.08 bits per heavy atom. The highest BCUT2D eigenvalue weighted by atomic mass is 32.1. The molecule has 1 aromatic heterocycles. The molecular weight excluding hydrogens is 332 g/mol. The number of thiophene rings is 1. The van der Waals surface area contributed by atoms with Gasteiger partial charge in [-0.05, 0) is 43.3 Å². The van der Waals surface area contributed by atoms with Crippen LogP contribution >= 0.6 is 11.3 Å². The summed E-state index contributed by atoms with van der Waals surface area (Å²) in [6.45, 7) is 8.66. The number of carbonyl (C=O) groups is 2. The summed E-state index contributed by atoms with van der Waals surface area (Å²) < 4.78 is 0. The van der Waals surface area contributed by atoms with Crippen LogP contribution in [0, 0.1) is 6.92 Å². The topological polar surface area (TPSA) is 40.6 Å². The van der Waals surface area contributed by atoms with E-state index in [0.717, 1.165) is 5.56 Å². The molecule has 0 bridgehead atoms. The lowest BCUT2D eigenvalue weighted by molar-refractivity contribution is -0.141. The van der Waals surface area contributed by atoms with Crippen LogP contribution in [0.4, 0.5) is 0 Å². The lowest BCUT2D eigenvalue weighted by atomic mass is 10.2. The minimum Gasteiger partial charge on any atom is -0.332 e. The Labute approximate surface area is 154 Å². The maximum atomic E-state index is 12.9. The third-order valence-corrected chi connectivity index (χ3v) is 5.21. The second-order valence-electron chi connectivity index (χ2n) is 6.50. The van der Waals surface area contributed by atoms with Crippen LogP contribution in [0.1, 0.15) is 36.8 Å². The fourth-order valence-corrected chi connectivity index (χ4v) is 3.60. The Hall–Kier alpha value is -2.14. The summed E-state index contributed by atoms with van der Waals surface area (Å²) >= 11 is 1.66. The van der Waals surface area contributed by atoms with Crippen LogP contribution in [0.15, 0.2) is 41.8 Å². The number of hydrogen-bond acceptors (Lipinski definition) is 3. The zero-order valence-electron chi connectivity index (χ0n) is 15.4. The van der Waals surface area contributed by atoms with E-state index in [4.69, 9.17) is 0 Å². The lowest BCUT2D eigenvalue weighted by Gasteiger charge is -2.29. The van der Waals surface area contributed by atoms with Gasteiger partial charge in [0.2, 0.25) is 11.8 Å². The van der Waals surface area contributed by atoms with Crippen molar-refractivity contribution in [1.29, 1.82) is 0 Å². The molecule has 1 heterocycles. The highest BCUT2D eigenvalue weighted by Gasteiger charge is 2.22. The zero-order valence-corrected chi connectivity index (χ0v) is 16.2. The molecule has 25 heavy (non-hydrogen) atoms. The van der Waals surface area contributed by atoms with Gasteiger partial charge in [0.1, 0.15) is 0 Å². The van der Waals surface area contributed by atoms with Crippen molar-refractivity contribution in [3.05, 3.63) is 57.8 Å². The van der Waals surface area contributed by atoms with Gasteiger partial charge in [-0.2, -0.15) is 0 Å². The highest BCUT2D eigenvalue weighted by molar-refractivity contribution is 7.10. The van der Waals surface area contributed by atoms with Crippen molar-refractivity contribution < 1.29 is 9.59 Å². The van der Waals surface area contributed by atoms with Gasteiger partial charge >= 0.3 is 0 Å². The molecule has 4 nitrogen and oxygen atoms in total. The Kier molecular flexibility index (Phi) is 6.76. The molecule has 2 amide bonds. The van der Waals surface area contributed by atoms with Crippen molar-refractivity contribution in [1.82, 2.24) is 9.80 Å². The smallest absolute Gasteiger partial charge is 0.242 e. The molecule has 0 saturated heterocycles. The standard InChI is InChI=1S/C20H26N2O2S/c1-15(2)22(17(4)23)14-20(24)21(12-18-8-6-5-7-9-18)13-19-16(3)10-11-25-19/h5-11,15H,12-14H2,1-4H3. The first kappa shape index (κ1) is 19.2. The van der Waals surface area contributed by atoms with Gasteiger partial charge in [0.05, 0.1) is 13.1 Å². The lowest BCUT2D eigenvalue weighted by Crippen LogP contribution is -2.44. The van der Waals surface area contributed by atoms with Crippen LogP contribution < -0.4 is 0 Å². The van der Waals surface area contributed by atoms with E-state index >= 15 is 0 Å². The van der Waals surface area contributed by atoms with Gasteiger partial charge in [0.25, 0.3) is 0 Å². The normalized spacial score (nSPS) is 10.8. The van der Waals surface area contributed by atoms with Crippen molar-refractivity contribution in [3.63, 3.8) is 0 Å². The molecule has 2 aromatic rings. The molecule has 0 fully saturated rings. The summed E-state index contributed by atoms with van der Waals surface area (Å²) in [4.78, 5) is 29.4. The number of amides is 2. The number of aryl methyl sites for hydroxylation is 1. The van der Waals surface area contributed by atoms with Gasteiger partial charge in [0.15, 0.2) is 0 Å². The van der Waals surface area contributed by atoms with Crippen LogP contribution in [0.3, 0.4) is 0 Å². The quantitative estimate of drug-likeness (QED) is 0.754. The van der Waals surface area contributed by atoms with Gasteiger partial charge < -0.3 is 9.80 Å². The fourth-order valence-electron chi connectivity index (χ4n) is 2.68. The summed E-state index contributed by atoms with van der Waals surface area (Å²) in [5.74, 6) is -0.101. The molecular formula is C20H26N2O2S. The first-order valence-corrected chi connectivity index (χ1v) is 9.38. The fraction of sp³-hybridized carbons (Fsp3) is 0.400. The average molecular weight is 359 g/mol. The SMILES string of the molecule is CC(=O)N(CC(=O)N(Cc1ccccc1)Cc1sccc1C)C(C)C. The molecule has 0 aliphatic rings. The van der Waals surface area contributed by atoms with Gasteiger partial charge in [-0.1, -0.05) is 30.3 Å². The van der Waals surface area contributed by atoms with Crippen LogP contribution in [-0.2, 0) is 22.7 Å². The van der Waals surface area contributed by atoms with Crippen molar-refractivity contribution in [2.75, 3.05) is 6.54 Å². The summed E-state index contributed by atoms with van der Waals surface area (Å²) in [6, 6.07) is 12.0. The number of benzene rings is 1. The Morgan fingerprint density at radius 3 is 2.28 bits per heavy atom. The second kappa shape index (κ2) is 8.81. The van der Waals surface area contributed by atoms with E-state index in [9.17, 15) is 9.59 Å². The van der Waals surface area contributed by atoms with Gasteiger partial charge in [-0.25, -0.2) is 0 Å². The molecule has 0 atom stereocenters. The Bertz CT molecular complexity index is 709. The van der Waals surface area contributed by atoms with Crippen LogP contribution in [-0.4, -0.2) is 34.2 Å². The predicted octanol–water partition coefficient (Wildman–Crippen LogP) is 3.84. The van der Waals surface area contributed by atoms with E-state index in [2.05, 4.69) is 13.0 Å². The molecule has 0 radical (unpaired) electrons. The second-order valence-corrected chi connectivity index (χ2v) is 7.50. The summed E-state index contributed by atoms with van der Waals surface area (Å²) in [5, 5.41) is 2.05. The number of hydrogen-bond donors (Lipinski definition) is 0. The molecule has 0 spiro atoms. The number of nitrogens with zero attached hydrogens (tertiary/aromatic N) is 2. The van der Waals surface area contributed by atoms with Crippen LogP contribution in [0.25, 0.3) is 0 Å². The molecule has 0 aliphatic heterocycles. The third-order valence-electron chi connectivity index (χ3n) is 4.21. The van der Waals surface area contributed by atoms with Crippen molar-refractivity contribution in [2.45, 2.75) is 46.8 Å². The maximum absolute atomic E-state index is 12.9. The molecule has 134 valence electrons. The Morgan fingerprint density at radius 2 is 1.76 bits per heavy atom. The van der Waals surface area contributed by atoms with E-state index in [-0.39, 0.29) is 24.4 Å². The first-order chi connectivity index (χ1) is 11.9. The monoisotopic (exact) mass is 358 g/mol. The van der Waals surface area contributed by atoms with Crippen LogP contribution in [0.5, 0.6) is 0 Å². The number of rotatable bonds is 7. The summed E-state index contributed by atoms with van der Waals surface area (Å²) in [7, 11) is 0. The molecule has 0 N–H and O–H groups in total. The van der Waals surface area contributed by atoms with E-state index in [1.165, 1.54) is 17.4 Å². The summed E-state index contributed by atoms with van der Waals surface area (Å²) in [5.41, 5.74) is 2.28. The van der Waals surface area contributed by atoms with Crippen molar-refractivity contribution >= 4 is 23.2 Å². The molecule has 0 aliphatic carbocycles. The largest absolute Gasteiger partial charge is 0.332 e. The maximum Gasteiger partial charge on any atom is 0.242 e. The van der Waals surface area contributed by atoms with Crippen molar-refractivity contribution in [2.24, 2.45) is 0 Å². The molecule has 0 unspecified atom stereocenters. The third kappa shape index (κ3) is 5.43.